The highest BCUT2D eigenvalue weighted by atomic mass is 79.9. The molecule has 0 bridgehead atoms. The fraction of sp³-hybridized carbons (Fsp3) is 0.143. The van der Waals surface area contributed by atoms with Crippen LogP contribution in [0.15, 0.2) is 64.5 Å². The van der Waals surface area contributed by atoms with Crippen molar-refractivity contribution in [2.75, 3.05) is 13.7 Å². The van der Waals surface area contributed by atoms with Crippen LogP contribution in [0.1, 0.15) is 11.1 Å². The van der Waals surface area contributed by atoms with Crippen LogP contribution in [0.25, 0.3) is 6.08 Å². The summed E-state index contributed by atoms with van der Waals surface area (Å²) in [6.45, 7) is 4.49. The molecule has 2 aromatic rings. The Hall–Kier alpha value is -2.09. The minimum absolute atomic E-state index is 0.108. The Labute approximate surface area is 182 Å². The summed E-state index contributed by atoms with van der Waals surface area (Å²) in [4.78, 5) is 14.6. The van der Waals surface area contributed by atoms with Crippen molar-refractivity contribution in [2.24, 2.45) is 0 Å². The highest BCUT2D eigenvalue weighted by Crippen LogP contribution is 2.35. The molecule has 1 saturated heterocycles. The zero-order valence-corrected chi connectivity index (χ0v) is 18.4. The van der Waals surface area contributed by atoms with Gasteiger partial charge in [0.1, 0.15) is 10.9 Å². The van der Waals surface area contributed by atoms with Gasteiger partial charge in [-0.25, -0.2) is 0 Å². The summed E-state index contributed by atoms with van der Waals surface area (Å²) in [6, 6.07) is 13.5. The number of thiocarbonyl (C=S) groups is 1. The van der Waals surface area contributed by atoms with Gasteiger partial charge in [0.25, 0.3) is 5.91 Å². The summed E-state index contributed by atoms with van der Waals surface area (Å²) < 4.78 is 12.9. The van der Waals surface area contributed by atoms with Crippen molar-refractivity contribution < 1.29 is 14.3 Å². The molecule has 2 aromatic carbocycles. The Morgan fingerprint density at radius 1 is 1.21 bits per heavy atom. The van der Waals surface area contributed by atoms with Gasteiger partial charge in [-0.2, -0.15) is 0 Å². The van der Waals surface area contributed by atoms with E-state index in [0.29, 0.717) is 33.9 Å². The molecular formula is C21H18BrNO3S2. The third kappa shape index (κ3) is 4.84. The second-order valence-electron chi connectivity index (χ2n) is 5.91. The molecule has 0 N–H and O–H groups in total. The average Bonchev–Trinajstić information content (AvgIpc) is 2.95. The van der Waals surface area contributed by atoms with Crippen LogP contribution in [0.3, 0.4) is 0 Å². The first-order valence-electron chi connectivity index (χ1n) is 8.43. The van der Waals surface area contributed by atoms with E-state index in [1.54, 1.807) is 13.2 Å². The minimum Gasteiger partial charge on any atom is -0.493 e. The van der Waals surface area contributed by atoms with Gasteiger partial charge in [0.15, 0.2) is 11.5 Å². The van der Waals surface area contributed by atoms with Gasteiger partial charge in [0, 0.05) is 11.0 Å². The van der Waals surface area contributed by atoms with Gasteiger partial charge in [-0.05, 0) is 41.5 Å². The molecule has 1 fully saturated rings. The van der Waals surface area contributed by atoms with Crippen LogP contribution in [-0.4, -0.2) is 28.8 Å². The molecule has 28 heavy (non-hydrogen) atoms. The number of methoxy groups -OCH3 is 1. The predicted molar refractivity (Wildman–Crippen MR) is 122 cm³/mol. The largest absolute Gasteiger partial charge is 0.493 e. The van der Waals surface area contributed by atoms with Crippen LogP contribution in [0.5, 0.6) is 11.5 Å². The summed E-state index contributed by atoms with van der Waals surface area (Å²) in [6.07, 6.45) is 3.48. The molecule has 0 aromatic heterocycles. The summed E-state index contributed by atoms with van der Waals surface area (Å²) in [5.74, 6) is 1.14. The van der Waals surface area contributed by atoms with Crippen LogP contribution < -0.4 is 9.47 Å². The standard InChI is InChI=1S/C21H18BrNO3S2/c1-3-10-23-20(24)19(28-21(23)27)12-15-6-9-17(25-2)18(11-15)26-13-14-4-7-16(22)8-5-14/h3-9,11-12H,1,10,13H2,2H3. The molecule has 7 heteroatoms. The molecule has 0 aliphatic carbocycles. The third-order valence-electron chi connectivity index (χ3n) is 3.98. The van der Waals surface area contributed by atoms with E-state index < -0.39 is 0 Å². The van der Waals surface area contributed by atoms with Crippen molar-refractivity contribution in [3.63, 3.8) is 0 Å². The fourth-order valence-electron chi connectivity index (χ4n) is 2.58. The first kappa shape index (κ1) is 20.6. The number of carbonyl (C=O) groups is 1. The maximum atomic E-state index is 12.5. The van der Waals surface area contributed by atoms with Gasteiger partial charge in [-0.3, -0.25) is 9.69 Å². The first-order valence-corrected chi connectivity index (χ1v) is 10.4. The van der Waals surface area contributed by atoms with E-state index in [-0.39, 0.29) is 5.91 Å². The maximum absolute atomic E-state index is 12.5. The summed E-state index contributed by atoms with van der Waals surface area (Å²) >= 11 is 9.99. The number of benzene rings is 2. The van der Waals surface area contributed by atoms with Crippen LogP contribution >= 0.6 is 39.9 Å². The Morgan fingerprint density at radius 3 is 2.64 bits per heavy atom. The van der Waals surface area contributed by atoms with Crippen molar-refractivity contribution in [2.45, 2.75) is 6.61 Å². The fourth-order valence-corrected chi connectivity index (χ4v) is 4.11. The molecule has 1 heterocycles. The average molecular weight is 476 g/mol. The summed E-state index contributed by atoms with van der Waals surface area (Å²) in [5, 5.41) is 0. The lowest BCUT2D eigenvalue weighted by Crippen LogP contribution is -2.27. The number of halogens is 1. The van der Waals surface area contributed by atoms with E-state index >= 15 is 0 Å². The molecule has 0 radical (unpaired) electrons. The monoisotopic (exact) mass is 475 g/mol. The molecule has 1 amide bonds. The van der Waals surface area contributed by atoms with Crippen molar-refractivity contribution in [1.82, 2.24) is 4.90 Å². The minimum atomic E-state index is -0.108. The lowest BCUT2D eigenvalue weighted by molar-refractivity contribution is -0.121. The highest BCUT2D eigenvalue weighted by Gasteiger charge is 2.30. The number of carbonyl (C=O) groups excluding carboxylic acids is 1. The second-order valence-corrected chi connectivity index (χ2v) is 8.50. The van der Waals surface area contributed by atoms with E-state index in [0.717, 1.165) is 15.6 Å². The molecule has 3 rings (SSSR count). The summed E-state index contributed by atoms with van der Waals surface area (Å²) in [5.41, 5.74) is 1.88. The van der Waals surface area contributed by atoms with Crippen LogP contribution in [0, 0.1) is 0 Å². The number of hydrogen-bond donors (Lipinski definition) is 0. The number of nitrogens with zero attached hydrogens (tertiary/aromatic N) is 1. The van der Waals surface area contributed by atoms with E-state index in [2.05, 4.69) is 22.5 Å². The lowest BCUT2D eigenvalue weighted by Gasteiger charge is -2.12. The van der Waals surface area contributed by atoms with Gasteiger partial charge < -0.3 is 9.47 Å². The second kappa shape index (κ2) is 9.41. The normalized spacial score (nSPS) is 15.2. The van der Waals surface area contributed by atoms with Gasteiger partial charge in [-0.1, -0.05) is 64.2 Å². The van der Waals surface area contributed by atoms with Gasteiger partial charge in [0.2, 0.25) is 0 Å². The van der Waals surface area contributed by atoms with E-state index in [4.69, 9.17) is 21.7 Å². The van der Waals surface area contributed by atoms with Crippen LogP contribution in [0.4, 0.5) is 0 Å². The van der Waals surface area contributed by atoms with Crippen molar-refractivity contribution in [3.05, 3.63) is 75.6 Å². The zero-order chi connectivity index (χ0) is 20.1. The van der Waals surface area contributed by atoms with E-state index in [9.17, 15) is 4.79 Å². The Bertz CT molecular complexity index is 941. The molecule has 1 aliphatic heterocycles. The molecule has 1 aliphatic rings. The van der Waals surface area contributed by atoms with E-state index in [1.165, 1.54) is 16.7 Å². The molecule has 0 spiro atoms. The topological polar surface area (TPSA) is 38.8 Å². The molecule has 144 valence electrons. The van der Waals surface area contributed by atoms with Gasteiger partial charge in [0.05, 0.1) is 12.0 Å². The molecule has 0 unspecified atom stereocenters. The molecular weight excluding hydrogens is 458 g/mol. The maximum Gasteiger partial charge on any atom is 0.266 e. The van der Waals surface area contributed by atoms with Crippen molar-refractivity contribution in [3.8, 4) is 11.5 Å². The van der Waals surface area contributed by atoms with Crippen molar-refractivity contribution >= 4 is 56.2 Å². The van der Waals surface area contributed by atoms with Gasteiger partial charge >= 0.3 is 0 Å². The number of ether oxygens (including phenoxy) is 2. The Balaban J connectivity index is 1.80. The van der Waals surface area contributed by atoms with Crippen molar-refractivity contribution in [1.29, 1.82) is 0 Å². The number of rotatable bonds is 7. The molecule has 0 atom stereocenters. The SMILES string of the molecule is C=CCN1C(=O)C(=Cc2ccc(OC)c(OCc3ccc(Br)cc3)c2)SC1=S. The Kier molecular flexibility index (Phi) is 6.93. The highest BCUT2D eigenvalue weighted by molar-refractivity contribution is 9.10. The van der Waals surface area contributed by atoms with Crippen LogP contribution in [0.2, 0.25) is 0 Å². The summed E-state index contributed by atoms with van der Waals surface area (Å²) in [7, 11) is 1.60. The predicted octanol–water partition coefficient (Wildman–Crippen LogP) is 5.42. The van der Waals surface area contributed by atoms with Gasteiger partial charge in [-0.15, -0.1) is 6.58 Å². The number of hydrogen-bond acceptors (Lipinski definition) is 5. The molecule has 4 nitrogen and oxygen atoms in total. The quantitative estimate of drug-likeness (QED) is 0.303. The zero-order valence-electron chi connectivity index (χ0n) is 15.2. The van der Waals surface area contributed by atoms with E-state index in [1.807, 2.05) is 48.5 Å². The van der Waals surface area contributed by atoms with Crippen LogP contribution in [-0.2, 0) is 11.4 Å². The smallest absolute Gasteiger partial charge is 0.266 e. The number of thioether (sulfide) groups is 1. The third-order valence-corrected chi connectivity index (χ3v) is 5.88. The molecule has 0 saturated carbocycles. The lowest BCUT2D eigenvalue weighted by atomic mass is 10.1. The Morgan fingerprint density at radius 2 is 1.96 bits per heavy atom. The first-order chi connectivity index (χ1) is 13.5. The number of amides is 1.